The maximum Gasteiger partial charge on any atom is 0.412 e. The Morgan fingerprint density at radius 2 is 2.23 bits per heavy atom. The van der Waals surface area contributed by atoms with Gasteiger partial charge in [0.2, 0.25) is 0 Å². The Balaban J connectivity index is 0. The fourth-order valence-corrected chi connectivity index (χ4v) is 0.311. The summed E-state index contributed by atoms with van der Waals surface area (Å²) in [5.74, 6) is 0. The van der Waals surface area contributed by atoms with Crippen LogP contribution in [0.5, 0.6) is 0 Å². The van der Waals surface area contributed by atoms with Crippen molar-refractivity contribution in [2.75, 3.05) is 13.3 Å². The normalized spacial score (nSPS) is 7.46. The van der Waals surface area contributed by atoms with Crippen LogP contribution >= 0.6 is 0 Å². The molecule has 0 aromatic rings. The Kier molecular flexibility index (Phi) is 10.6. The summed E-state index contributed by atoms with van der Waals surface area (Å²) in [5.41, 5.74) is 0. The monoisotopic (exact) mass is 195 g/mol. The molecular weight excluding hydrogens is 186 g/mol. The van der Waals surface area contributed by atoms with Gasteiger partial charge in [-0.25, -0.2) is 4.79 Å². The second kappa shape index (κ2) is 10.1. The van der Waals surface area contributed by atoms with Crippen LogP contribution in [0, 0.1) is 15.0 Å². The summed E-state index contributed by atoms with van der Waals surface area (Å²) in [5, 5.41) is 19.5. The van der Waals surface area contributed by atoms with Gasteiger partial charge in [0.05, 0.1) is 6.61 Å². The van der Waals surface area contributed by atoms with Gasteiger partial charge in [-0.2, -0.15) is 0 Å². The highest BCUT2D eigenvalue weighted by Crippen LogP contribution is 1.74. The van der Waals surface area contributed by atoms with Crippen molar-refractivity contribution in [2.45, 2.75) is 6.92 Å². The molecule has 0 saturated heterocycles. The van der Waals surface area contributed by atoms with E-state index in [1.807, 2.05) is 5.32 Å². The minimum absolute atomic E-state index is 0.212. The van der Waals surface area contributed by atoms with Crippen molar-refractivity contribution in [1.29, 1.82) is 0 Å². The molecule has 0 fully saturated rings. The van der Waals surface area contributed by atoms with Crippen molar-refractivity contribution in [3.63, 3.8) is 0 Å². The third kappa shape index (κ3) is 17.8. The molecule has 9 heteroatoms. The fraction of sp³-hybridized carbons (Fsp3) is 0.750. The number of amides is 1. The number of hydrogen-bond acceptors (Lipinski definition) is 6. The average molecular weight is 195 g/mol. The standard InChI is InChI=1S/C4H8N2O4.HNO2/c1-2-10-4(7)5-3-6(8)9;2-1-3/h2-3H2,1H3,(H,5,7);(H,2,3). The zero-order chi connectivity index (χ0) is 10.7. The molecule has 0 spiro atoms. The van der Waals surface area contributed by atoms with Gasteiger partial charge in [0.25, 0.3) is 6.67 Å². The van der Waals surface area contributed by atoms with Gasteiger partial charge in [-0.05, 0) is 6.92 Å². The Labute approximate surface area is 72.8 Å². The first-order valence-corrected chi connectivity index (χ1v) is 3.07. The van der Waals surface area contributed by atoms with Crippen molar-refractivity contribution in [1.82, 2.24) is 5.32 Å². The highest BCUT2D eigenvalue weighted by molar-refractivity contribution is 5.66. The minimum Gasteiger partial charge on any atom is -0.450 e. The van der Waals surface area contributed by atoms with Crippen molar-refractivity contribution in [3.8, 4) is 0 Å². The first-order valence-electron chi connectivity index (χ1n) is 3.07. The predicted octanol–water partition coefficient (Wildman–Crippen LogP) is 0.109. The molecule has 0 heterocycles. The van der Waals surface area contributed by atoms with E-state index in [-0.39, 0.29) is 6.61 Å². The molecule has 2 N–H and O–H groups in total. The largest absolute Gasteiger partial charge is 0.450 e. The van der Waals surface area contributed by atoms with Crippen LogP contribution in [0.4, 0.5) is 4.79 Å². The van der Waals surface area contributed by atoms with Crippen LogP contribution in [0.2, 0.25) is 0 Å². The minimum atomic E-state index is -0.765. The van der Waals surface area contributed by atoms with E-state index in [1.165, 1.54) is 5.34 Å². The van der Waals surface area contributed by atoms with Crippen molar-refractivity contribution >= 4 is 6.09 Å². The second-order valence-electron chi connectivity index (χ2n) is 1.47. The summed E-state index contributed by atoms with van der Waals surface area (Å²) in [6.45, 7) is 1.23. The maximum atomic E-state index is 10.3. The Bertz CT molecular complexity index is 171. The molecule has 0 aliphatic carbocycles. The number of hydrogen-bond donors (Lipinski definition) is 2. The van der Waals surface area contributed by atoms with Crippen molar-refractivity contribution in [3.05, 3.63) is 15.0 Å². The molecule has 0 aromatic heterocycles. The summed E-state index contributed by atoms with van der Waals surface area (Å²) in [6.07, 6.45) is -0.765. The third-order valence-electron chi connectivity index (χ3n) is 0.628. The van der Waals surface area contributed by atoms with E-state index in [2.05, 4.69) is 4.74 Å². The first kappa shape index (κ1) is 13.6. The molecular formula is C4H9N3O6. The molecule has 0 rings (SSSR count). The van der Waals surface area contributed by atoms with E-state index in [0.29, 0.717) is 0 Å². The number of ether oxygens (including phenoxy) is 1. The SMILES string of the molecule is CCOC(=O)NC[N+](=O)[O-].O=NO. The number of nitro groups is 1. The molecule has 0 aliphatic heterocycles. The lowest BCUT2D eigenvalue weighted by Gasteiger charge is -1.98. The van der Waals surface area contributed by atoms with E-state index in [4.69, 9.17) is 10.1 Å². The van der Waals surface area contributed by atoms with Gasteiger partial charge in [-0.3, -0.25) is 15.4 Å². The topological polar surface area (TPSA) is 131 Å². The second-order valence-corrected chi connectivity index (χ2v) is 1.47. The zero-order valence-corrected chi connectivity index (χ0v) is 6.80. The molecule has 0 saturated carbocycles. The summed E-state index contributed by atoms with van der Waals surface area (Å²) in [4.78, 5) is 27.4. The highest BCUT2D eigenvalue weighted by Gasteiger charge is 2.02. The van der Waals surface area contributed by atoms with Crippen LogP contribution in [0.25, 0.3) is 0 Å². The van der Waals surface area contributed by atoms with E-state index < -0.39 is 17.7 Å². The van der Waals surface area contributed by atoms with E-state index in [9.17, 15) is 14.9 Å². The molecule has 0 bridgehead atoms. The van der Waals surface area contributed by atoms with Crippen molar-refractivity contribution in [2.24, 2.45) is 5.34 Å². The molecule has 0 atom stereocenters. The molecule has 0 aromatic carbocycles. The molecule has 76 valence electrons. The van der Waals surface area contributed by atoms with Crippen LogP contribution in [0.1, 0.15) is 6.92 Å². The number of nitrogens with zero attached hydrogens (tertiary/aromatic N) is 2. The molecule has 0 unspecified atom stereocenters. The quantitative estimate of drug-likeness (QED) is 0.284. The Morgan fingerprint density at radius 3 is 2.54 bits per heavy atom. The number of carbonyl (C=O) groups is 1. The van der Waals surface area contributed by atoms with Crippen molar-refractivity contribution < 1.29 is 19.7 Å². The summed E-state index contributed by atoms with van der Waals surface area (Å²) in [7, 11) is 0. The zero-order valence-electron chi connectivity index (χ0n) is 6.80. The third-order valence-corrected chi connectivity index (χ3v) is 0.628. The van der Waals surface area contributed by atoms with Gasteiger partial charge in [0, 0.05) is 4.92 Å². The van der Waals surface area contributed by atoms with Gasteiger partial charge in [-0.15, -0.1) is 4.91 Å². The Morgan fingerprint density at radius 1 is 1.77 bits per heavy atom. The Hall–Kier alpha value is -1.93. The van der Waals surface area contributed by atoms with Crippen LogP contribution < -0.4 is 5.32 Å². The summed E-state index contributed by atoms with van der Waals surface area (Å²) < 4.78 is 4.34. The van der Waals surface area contributed by atoms with Gasteiger partial charge < -0.3 is 9.94 Å². The fourth-order valence-electron chi connectivity index (χ4n) is 0.311. The lowest BCUT2D eigenvalue weighted by Crippen LogP contribution is -2.29. The predicted molar refractivity (Wildman–Crippen MR) is 39.6 cm³/mol. The number of nitrogens with one attached hydrogen (secondary N) is 1. The highest BCUT2D eigenvalue weighted by atomic mass is 16.6. The van der Waals surface area contributed by atoms with Gasteiger partial charge in [0.15, 0.2) is 5.34 Å². The molecule has 1 amide bonds. The van der Waals surface area contributed by atoms with Crippen LogP contribution in [0.3, 0.4) is 0 Å². The van der Waals surface area contributed by atoms with Crippen LogP contribution in [-0.2, 0) is 4.74 Å². The van der Waals surface area contributed by atoms with E-state index in [0.717, 1.165) is 0 Å². The molecule has 13 heavy (non-hydrogen) atoms. The first-order chi connectivity index (χ1) is 6.08. The summed E-state index contributed by atoms with van der Waals surface area (Å²) >= 11 is 0. The van der Waals surface area contributed by atoms with Crippen LogP contribution in [0.15, 0.2) is 5.34 Å². The number of rotatable bonds is 3. The molecule has 9 nitrogen and oxygen atoms in total. The lowest BCUT2D eigenvalue weighted by atomic mass is 10.8. The number of carbonyl (C=O) groups excluding carboxylic acids is 1. The lowest BCUT2D eigenvalue weighted by molar-refractivity contribution is -0.483. The smallest absolute Gasteiger partial charge is 0.412 e. The van der Waals surface area contributed by atoms with E-state index in [1.54, 1.807) is 6.92 Å². The number of alkyl carbamates (subject to hydrolysis) is 1. The summed E-state index contributed by atoms with van der Waals surface area (Å²) in [6, 6.07) is 0. The van der Waals surface area contributed by atoms with Gasteiger partial charge in [-0.1, -0.05) is 0 Å². The van der Waals surface area contributed by atoms with Gasteiger partial charge >= 0.3 is 6.09 Å². The van der Waals surface area contributed by atoms with Crippen LogP contribution in [-0.4, -0.2) is 29.5 Å². The molecule has 0 radical (unpaired) electrons. The maximum absolute atomic E-state index is 10.3. The van der Waals surface area contributed by atoms with Gasteiger partial charge in [0.1, 0.15) is 0 Å². The average Bonchev–Trinajstić information content (AvgIpc) is 2.03. The molecule has 0 aliphatic rings. The van der Waals surface area contributed by atoms with E-state index >= 15 is 0 Å².